The summed E-state index contributed by atoms with van der Waals surface area (Å²) in [5.41, 5.74) is 1.96. The van der Waals surface area contributed by atoms with E-state index >= 15 is 0 Å². The number of H-pyrrole nitrogens is 1. The molecule has 2 aromatic rings. The zero-order valence-electron chi connectivity index (χ0n) is 5.91. The van der Waals surface area contributed by atoms with E-state index < -0.39 is 0 Å². The number of benzene rings is 1. The highest BCUT2D eigenvalue weighted by Crippen LogP contribution is 2.13. The molecule has 0 saturated heterocycles. The Kier molecular flexibility index (Phi) is 1.44. The molecule has 53 valence electrons. The van der Waals surface area contributed by atoms with Crippen molar-refractivity contribution in [2.75, 3.05) is 0 Å². The van der Waals surface area contributed by atoms with Crippen LogP contribution in [0.25, 0.3) is 11.3 Å². The molecule has 0 aliphatic rings. The maximum absolute atomic E-state index is 4.01. The lowest BCUT2D eigenvalue weighted by Gasteiger charge is -1.91. The third-order valence-electron chi connectivity index (χ3n) is 1.50. The first-order valence-electron chi connectivity index (χ1n) is 3.44. The fraction of sp³-hybridized carbons (Fsp3) is 0. The minimum absolute atomic E-state index is 0.866. The van der Waals surface area contributed by atoms with Crippen molar-refractivity contribution >= 4 is 0 Å². The van der Waals surface area contributed by atoms with E-state index in [-0.39, 0.29) is 0 Å². The highest BCUT2D eigenvalue weighted by Gasteiger charge is 1.95. The lowest BCUT2D eigenvalue weighted by atomic mass is 10.2. The van der Waals surface area contributed by atoms with Crippen LogP contribution in [0, 0.1) is 6.07 Å². The predicted octanol–water partition coefficient (Wildman–Crippen LogP) is 1.88. The summed E-state index contributed by atoms with van der Waals surface area (Å²) >= 11 is 0. The average Bonchev–Trinajstić information content (AvgIpc) is 2.58. The second-order valence-corrected chi connectivity index (χ2v) is 2.24. The molecule has 0 aliphatic heterocycles. The molecule has 1 aromatic heterocycles. The van der Waals surface area contributed by atoms with Gasteiger partial charge in [0.15, 0.2) is 0 Å². The van der Waals surface area contributed by atoms with Crippen molar-refractivity contribution in [3.8, 4) is 11.3 Å². The van der Waals surface area contributed by atoms with Crippen molar-refractivity contribution in [2.45, 2.75) is 0 Å². The van der Waals surface area contributed by atoms with Gasteiger partial charge in [-0.2, -0.15) is 5.10 Å². The van der Waals surface area contributed by atoms with Crippen molar-refractivity contribution in [3.05, 3.63) is 42.6 Å². The van der Waals surface area contributed by atoms with Gasteiger partial charge in [-0.1, -0.05) is 30.3 Å². The van der Waals surface area contributed by atoms with E-state index in [2.05, 4.69) is 16.3 Å². The van der Waals surface area contributed by atoms with Gasteiger partial charge in [-0.15, -0.1) is 0 Å². The van der Waals surface area contributed by atoms with E-state index in [1.807, 2.05) is 30.3 Å². The van der Waals surface area contributed by atoms with Gasteiger partial charge in [-0.3, -0.25) is 5.10 Å². The van der Waals surface area contributed by atoms with Gasteiger partial charge in [0, 0.05) is 17.8 Å². The van der Waals surface area contributed by atoms with Crippen LogP contribution in [0.5, 0.6) is 0 Å². The van der Waals surface area contributed by atoms with Gasteiger partial charge >= 0.3 is 0 Å². The maximum Gasteiger partial charge on any atom is 0.1000 e. The molecule has 0 atom stereocenters. The van der Waals surface area contributed by atoms with Crippen molar-refractivity contribution in [1.82, 2.24) is 10.2 Å². The smallest absolute Gasteiger partial charge is 0.1000 e. The lowest BCUT2D eigenvalue weighted by Crippen LogP contribution is -1.75. The summed E-state index contributed by atoms with van der Waals surface area (Å²) in [6.07, 6.45) is 1.70. The summed E-state index contributed by atoms with van der Waals surface area (Å²) in [5.74, 6) is 0. The summed E-state index contributed by atoms with van der Waals surface area (Å²) < 4.78 is 0. The van der Waals surface area contributed by atoms with Crippen molar-refractivity contribution in [1.29, 1.82) is 0 Å². The first-order chi connectivity index (χ1) is 5.47. The molecule has 0 spiro atoms. The van der Waals surface area contributed by atoms with E-state index in [1.54, 1.807) is 6.20 Å². The summed E-state index contributed by atoms with van der Waals surface area (Å²) in [6, 6.07) is 13.0. The van der Waals surface area contributed by atoms with Crippen molar-refractivity contribution < 1.29 is 0 Å². The maximum atomic E-state index is 4.01. The number of hydrogen-bond donors (Lipinski definition) is 1. The molecule has 0 saturated carbocycles. The Morgan fingerprint density at radius 1 is 1.18 bits per heavy atom. The van der Waals surface area contributed by atoms with Crippen LogP contribution in [0.1, 0.15) is 0 Å². The Labute approximate surface area is 64.9 Å². The van der Waals surface area contributed by atoms with Gasteiger partial charge in [-0.25, -0.2) is 0 Å². The van der Waals surface area contributed by atoms with Crippen LogP contribution in [-0.2, 0) is 0 Å². The monoisotopic (exact) mass is 143 g/mol. The molecule has 1 heterocycles. The first kappa shape index (κ1) is 6.16. The standard InChI is InChI=1S/C9H7N2/c1-2-4-8(5-3-1)9-6-7-10-11-9/h1-5,7H,(H,10,11). The molecule has 0 unspecified atom stereocenters. The molecule has 1 radical (unpaired) electrons. The molecular formula is C9H7N2. The first-order valence-corrected chi connectivity index (χ1v) is 3.44. The molecular weight excluding hydrogens is 136 g/mol. The molecule has 2 nitrogen and oxygen atoms in total. The van der Waals surface area contributed by atoms with Gasteiger partial charge in [0.25, 0.3) is 0 Å². The zero-order valence-corrected chi connectivity index (χ0v) is 5.91. The minimum Gasteiger partial charge on any atom is -0.284 e. The summed E-state index contributed by atoms with van der Waals surface area (Å²) in [7, 11) is 0. The number of nitrogens with zero attached hydrogens (tertiary/aromatic N) is 1. The Hall–Kier alpha value is -1.57. The van der Waals surface area contributed by atoms with E-state index in [0.717, 1.165) is 11.3 Å². The third-order valence-corrected chi connectivity index (χ3v) is 1.50. The fourth-order valence-electron chi connectivity index (χ4n) is 0.974. The van der Waals surface area contributed by atoms with E-state index in [9.17, 15) is 0 Å². The van der Waals surface area contributed by atoms with Crippen LogP contribution in [0.2, 0.25) is 0 Å². The third kappa shape index (κ3) is 1.15. The molecule has 0 amide bonds. The topological polar surface area (TPSA) is 28.7 Å². The molecule has 2 heteroatoms. The minimum atomic E-state index is 0.866. The molecule has 1 aromatic carbocycles. The van der Waals surface area contributed by atoms with Crippen LogP contribution < -0.4 is 0 Å². The van der Waals surface area contributed by atoms with Crippen LogP contribution >= 0.6 is 0 Å². The molecule has 11 heavy (non-hydrogen) atoms. The van der Waals surface area contributed by atoms with E-state index in [1.165, 1.54) is 0 Å². The average molecular weight is 143 g/mol. The largest absolute Gasteiger partial charge is 0.284 e. The second kappa shape index (κ2) is 2.58. The molecule has 0 fully saturated rings. The van der Waals surface area contributed by atoms with Gasteiger partial charge in [0.05, 0.1) is 5.69 Å². The predicted molar refractivity (Wildman–Crippen MR) is 42.9 cm³/mol. The zero-order chi connectivity index (χ0) is 7.52. The summed E-state index contributed by atoms with van der Waals surface area (Å²) in [6.45, 7) is 0. The number of hydrogen-bond acceptors (Lipinski definition) is 1. The Morgan fingerprint density at radius 2 is 2.00 bits per heavy atom. The number of aromatic amines is 1. The van der Waals surface area contributed by atoms with Gasteiger partial charge in [-0.05, 0) is 0 Å². The normalized spacial score (nSPS) is 9.82. The fourth-order valence-corrected chi connectivity index (χ4v) is 0.974. The molecule has 0 bridgehead atoms. The van der Waals surface area contributed by atoms with Crippen molar-refractivity contribution in [2.24, 2.45) is 0 Å². The van der Waals surface area contributed by atoms with Gasteiger partial charge in [0.1, 0.15) is 0 Å². The van der Waals surface area contributed by atoms with Crippen LogP contribution in [0.15, 0.2) is 36.5 Å². The van der Waals surface area contributed by atoms with Gasteiger partial charge in [0.2, 0.25) is 0 Å². The lowest BCUT2D eigenvalue weighted by molar-refractivity contribution is 1.10. The Morgan fingerprint density at radius 3 is 2.64 bits per heavy atom. The summed E-state index contributed by atoms with van der Waals surface area (Å²) in [4.78, 5) is 0. The van der Waals surface area contributed by atoms with Crippen LogP contribution in [0.3, 0.4) is 0 Å². The Balaban J connectivity index is 2.46. The van der Waals surface area contributed by atoms with Crippen molar-refractivity contribution in [3.63, 3.8) is 0 Å². The SMILES string of the molecule is [c]1c[nH]nc1-c1ccccc1. The molecule has 2 rings (SSSR count). The van der Waals surface area contributed by atoms with Crippen LogP contribution in [0.4, 0.5) is 0 Å². The van der Waals surface area contributed by atoms with E-state index in [0.29, 0.717) is 0 Å². The number of rotatable bonds is 1. The molecule has 0 aliphatic carbocycles. The summed E-state index contributed by atoms with van der Waals surface area (Å²) in [5, 5.41) is 6.73. The Bertz CT molecular complexity index is 311. The van der Waals surface area contributed by atoms with Gasteiger partial charge < -0.3 is 0 Å². The highest BCUT2D eigenvalue weighted by molar-refractivity contribution is 5.57. The second-order valence-electron chi connectivity index (χ2n) is 2.24. The highest BCUT2D eigenvalue weighted by atomic mass is 15.1. The molecule has 1 N–H and O–H groups in total. The number of nitrogens with one attached hydrogen (secondary N) is 1. The number of aromatic nitrogens is 2. The van der Waals surface area contributed by atoms with E-state index in [4.69, 9.17) is 0 Å². The van der Waals surface area contributed by atoms with Crippen LogP contribution in [-0.4, -0.2) is 10.2 Å². The quantitative estimate of drug-likeness (QED) is 0.648.